The summed E-state index contributed by atoms with van der Waals surface area (Å²) in [4.78, 5) is 25.2. The number of hydrogen-bond donors (Lipinski definition) is 2. The molecule has 0 aliphatic carbocycles. The summed E-state index contributed by atoms with van der Waals surface area (Å²) < 4.78 is 5.50. The Balaban J connectivity index is 1.86. The fourth-order valence-electron chi connectivity index (χ4n) is 1.85. The van der Waals surface area contributed by atoms with Gasteiger partial charge >= 0.3 is 0 Å². The molecule has 17 heavy (non-hydrogen) atoms. The maximum absolute atomic E-state index is 11.7. The third-order valence-electron chi connectivity index (χ3n) is 2.78. The van der Waals surface area contributed by atoms with Crippen LogP contribution >= 0.6 is 0 Å². The molecule has 5 heteroatoms. The minimum absolute atomic E-state index is 0.100. The Labute approximate surface area is 99.2 Å². The summed E-state index contributed by atoms with van der Waals surface area (Å²) in [5.74, 6) is -0.267. The first kappa shape index (κ1) is 11.9. The normalized spacial score (nSPS) is 19.9. The molecule has 92 valence electrons. The molecule has 1 fully saturated rings. The molecule has 0 saturated carbocycles. The van der Waals surface area contributed by atoms with E-state index in [0.717, 1.165) is 25.9 Å². The van der Waals surface area contributed by atoms with Gasteiger partial charge in [-0.3, -0.25) is 9.59 Å². The van der Waals surface area contributed by atoms with Gasteiger partial charge in [-0.05, 0) is 25.3 Å². The van der Waals surface area contributed by atoms with E-state index in [1.165, 1.54) is 6.07 Å². The highest BCUT2D eigenvalue weighted by Gasteiger charge is 2.15. The molecule has 1 atom stereocenters. The summed E-state index contributed by atoms with van der Waals surface area (Å²) in [6, 6.07) is 4.52. The Morgan fingerprint density at radius 2 is 2.35 bits per heavy atom. The smallest absolute Gasteiger partial charge is 0.267 e. The number of carbonyl (C=O) groups is 1. The van der Waals surface area contributed by atoms with Crippen molar-refractivity contribution >= 4 is 5.91 Å². The van der Waals surface area contributed by atoms with Crippen molar-refractivity contribution < 1.29 is 9.53 Å². The molecule has 1 saturated heterocycles. The van der Waals surface area contributed by atoms with Gasteiger partial charge in [-0.2, -0.15) is 0 Å². The van der Waals surface area contributed by atoms with Gasteiger partial charge in [0.25, 0.3) is 5.91 Å². The number of carbonyl (C=O) groups excluding carboxylic acids is 1. The standard InChI is InChI=1S/C12H16N2O3/c15-11-6-3-5-10(14-11)12(16)13-8-9-4-1-2-7-17-9/h3,5-6,9H,1-2,4,7-8H2,(H,13,16)(H,14,15). The van der Waals surface area contributed by atoms with Crippen molar-refractivity contribution in [2.45, 2.75) is 25.4 Å². The molecular formula is C12H16N2O3. The van der Waals surface area contributed by atoms with Gasteiger partial charge in [0.05, 0.1) is 6.10 Å². The summed E-state index contributed by atoms with van der Waals surface area (Å²) in [7, 11) is 0. The summed E-state index contributed by atoms with van der Waals surface area (Å²) >= 11 is 0. The van der Waals surface area contributed by atoms with Crippen molar-refractivity contribution in [1.82, 2.24) is 10.3 Å². The van der Waals surface area contributed by atoms with E-state index < -0.39 is 0 Å². The second-order valence-electron chi connectivity index (χ2n) is 4.13. The fourth-order valence-corrected chi connectivity index (χ4v) is 1.85. The van der Waals surface area contributed by atoms with Crippen LogP contribution in [0.1, 0.15) is 29.8 Å². The molecule has 1 aromatic rings. The third-order valence-corrected chi connectivity index (χ3v) is 2.78. The fraction of sp³-hybridized carbons (Fsp3) is 0.500. The summed E-state index contributed by atoms with van der Waals surface area (Å²) in [5, 5.41) is 2.76. The van der Waals surface area contributed by atoms with Crippen molar-refractivity contribution in [3.8, 4) is 0 Å². The van der Waals surface area contributed by atoms with Crippen molar-refractivity contribution in [1.29, 1.82) is 0 Å². The van der Waals surface area contributed by atoms with Crippen LogP contribution < -0.4 is 10.9 Å². The summed E-state index contributed by atoms with van der Waals surface area (Å²) in [5.41, 5.74) is 0.0138. The second kappa shape index (κ2) is 5.63. The maximum atomic E-state index is 11.7. The van der Waals surface area contributed by atoms with Crippen LogP contribution in [0.5, 0.6) is 0 Å². The monoisotopic (exact) mass is 236 g/mol. The molecule has 1 aliphatic rings. The summed E-state index contributed by atoms with van der Waals surface area (Å²) in [6.07, 6.45) is 3.31. The first-order valence-corrected chi connectivity index (χ1v) is 5.85. The zero-order valence-corrected chi connectivity index (χ0v) is 9.57. The van der Waals surface area contributed by atoms with Crippen molar-refractivity contribution in [3.63, 3.8) is 0 Å². The molecule has 0 aromatic carbocycles. The first-order valence-electron chi connectivity index (χ1n) is 5.85. The molecule has 5 nitrogen and oxygen atoms in total. The number of rotatable bonds is 3. The van der Waals surface area contributed by atoms with E-state index in [9.17, 15) is 9.59 Å². The average molecular weight is 236 g/mol. The first-order chi connectivity index (χ1) is 8.25. The molecule has 0 bridgehead atoms. The van der Waals surface area contributed by atoms with Crippen molar-refractivity contribution in [2.75, 3.05) is 13.2 Å². The van der Waals surface area contributed by atoms with Crippen LogP contribution in [0.2, 0.25) is 0 Å². The Hall–Kier alpha value is -1.62. The number of nitrogens with one attached hydrogen (secondary N) is 2. The van der Waals surface area contributed by atoms with E-state index in [1.54, 1.807) is 12.1 Å². The Morgan fingerprint density at radius 3 is 3.06 bits per heavy atom. The lowest BCUT2D eigenvalue weighted by Crippen LogP contribution is -2.36. The van der Waals surface area contributed by atoms with Crippen LogP contribution in [0, 0.1) is 0 Å². The maximum Gasteiger partial charge on any atom is 0.267 e. The molecule has 1 amide bonds. The predicted octanol–water partition coefficient (Wildman–Crippen LogP) is 0.674. The molecule has 2 rings (SSSR count). The quantitative estimate of drug-likeness (QED) is 0.810. The van der Waals surface area contributed by atoms with E-state index in [4.69, 9.17) is 4.74 Å². The van der Waals surface area contributed by atoms with Gasteiger partial charge in [0.15, 0.2) is 0 Å². The molecule has 1 aliphatic heterocycles. The average Bonchev–Trinajstić information content (AvgIpc) is 2.37. The molecule has 2 N–H and O–H groups in total. The molecular weight excluding hydrogens is 220 g/mol. The second-order valence-corrected chi connectivity index (χ2v) is 4.13. The largest absolute Gasteiger partial charge is 0.376 e. The number of pyridine rings is 1. The van der Waals surface area contributed by atoms with Gasteiger partial charge in [-0.15, -0.1) is 0 Å². The van der Waals surface area contributed by atoms with Gasteiger partial charge in [0.1, 0.15) is 5.69 Å². The van der Waals surface area contributed by atoms with E-state index >= 15 is 0 Å². The molecule has 1 unspecified atom stereocenters. The number of aromatic amines is 1. The van der Waals surface area contributed by atoms with Gasteiger partial charge in [0, 0.05) is 19.2 Å². The zero-order valence-electron chi connectivity index (χ0n) is 9.57. The number of amides is 1. The molecule has 0 radical (unpaired) electrons. The Morgan fingerprint density at radius 1 is 1.47 bits per heavy atom. The van der Waals surface area contributed by atoms with E-state index in [1.807, 2.05) is 0 Å². The Kier molecular flexibility index (Phi) is 3.93. The predicted molar refractivity (Wildman–Crippen MR) is 63.0 cm³/mol. The Bertz CT molecular complexity index is 435. The lowest BCUT2D eigenvalue weighted by Gasteiger charge is -2.22. The lowest BCUT2D eigenvalue weighted by atomic mass is 10.1. The van der Waals surface area contributed by atoms with Crippen LogP contribution in [0.3, 0.4) is 0 Å². The molecule has 1 aromatic heterocycles. The van der Waals surface area contributed by atoms with Gasteiger partial charge in [-0.1, -0.05) is 6.07 Å². The van der Waals surface area contributed by atoms with Gasteiger partial charge in [-0.25, -0.2) is 0 Å². The van der Waals surface area contributed by atoms with E-state index in [-0.39, 0.29) is 23.3 Å². The highest BCUT2D eigenvalue weighted by molar-refractivity contribution is 5.92. The van der Waals surface area contributed by atoms with E-state index in [2.05, 4.69) is 10.3 Å². The molecule has 2 heterocycles. The minimum Gasteiger partial charge on any atom is -0.376 e. The van der Waals surface area contributed by atoms with Crippen LogP contribution in [-0.2, 0) is 4.74 Å². The minimum atomic E-state index is -0.272. The van der Waals surface area contributed by atoms with Crippen molar-refractivity contribution in [3.05, 3.63) is 34.2 Å². The number of ether oxygens (including phenoxy) is 1. The number of aromatic nitrogens is 1. The lowest BCUT2D eigenvalue weighted by molar-refractivity contribution is 0.0168. The summed E-state index contributed by atoms with van der Waals surface area (Å²) in [6.45, 7) is 1.26. The highest BCUT2D eigenvalue weighted by atomic mass is 16.5. The highest BCUT2D eigenvalue weighted by Crippen LogP contribution is 2.11. The number of H-pyrrole nitrogens is 1. The zero-order chi connectivity index (χ0) is 12.1. The SMILES string of the molecule is O=C(NCC1CCCCO1)c1cccc(=O)[nH]1. The number of hydrogen-bond acceptors (Lipinski definition) is 3. The van der Waals surface area contributed by atoms with Gasteiger partial charge < -0.3 is 15.0 Å². The molecule has 0 spiro atoms. The van der Waals surface area contributed by atoms with Crippen LogP contribution in [0.25, 0.3) is 0 Å². The van der Waals surface area contributed by atoms with Crippen LogP contribution in [-0.4, -0.2) is 30.1 Å². The van der Waals surface area contributed by atoms with Crippen LogP contribution in [0.15, 0.2) is 23.0 Å². The van der Waals surface area contributed by atoms with Gasteiger partial charge in [0.2, 0.25) is 5.56 Å². The van der Waals surface area contributed by atoms with E-state index in [0.29, 0.717) is 6.54 Å². The third kappa shape index (κ3) is 3.42. The van der Waals surface area contributed by atoms with Crippen LogP contribution in [0.4, 0.5) is 0 Å². The topological polar surface area (TPSA) is 71.2 Å². The van der Waals surface area contributed by atoms with Crippen molar-refractivity contribution in [2.24, 2.45) is 0 Å².